The van der Waals surface area contributed by atoms with Gasteiger partial charge in [-0.3, -0.25) is 0 Å². The molecule has 0 spiro atoms. The first-order chi connectivity index (χ1) is 7.10. The van der Waals surface area contributed by atoms with Crippen LogP contribution in [-0.2, 0) is 5.41 Å². The molecule has 2 rings (SSSR count). The van der Waals surface area contributed by atoms with Gasteiger partial charge in [-0.05, 0) is 42.9 Å². The minimum atomic E-state index is -0.707. The van der Waals surface area contributed by atoms with Gasteiger partial charge in [-0.1, -0.05) is 17.7 Å². The van der Waals surface area contributed by atoms with Crippen molar-refractivity contribution in [3.63, 3.8) is 0 Å². The van der Waals surface area contributed by atoms with Crippen LogP contribution in [0.15, 0.2) is 12.1 Å². The summed E-state index contributed by atoms with van der Waals surface area (Å²) < 4.78 is 26.7. The number of nitrogens with two attached hydrogens (primary N) is 1. The molecule has 2 N–H and O–H groups in total. The van der Waals surface area contributed by atoms with Gasteiger partial charge < -0.3 is 5.73 Å². The number of halogens is 3. The van der Waals surface area contributed by atoms with Crippen molar-refractivity contribution < 1.29 is 8.78 Å². The molecule has 1 aromatic carbocycles. The molecule has 1 nitrogen and oxygen atoms in total. The van der Waals surface area contributed by atoms with E-state index in [1.807, 2.05) is 0 Å². The van der Waals surface area contributed by atoms with E-state index < -0.39 is 16.7 Å². The molecule has 0 saturated heterocycles. The molecule has 0 atom stereocenters. The lowest BCUT2D eigenvalue weighted by atomic mass is 9.92. The second kappa shape index (κ2) is 3.72. The maximum Gasteiger partial charge on any atom is 0.148 e. The predicted molar refractivity (Wildman–Crippen MR) is 56.0 cm³/mol. The molecule has 0 bridgehead atoms. The largest absolute Gasteiger partial charge is 0.330 e. The molecule has 15 heavy (non-hydrogen) atoms. The van der Waals surface area contributed by atoms with Crippen molar-refractivity contribution in [3.8, 4) is 0 Å². The van der Waals surface area contributed by atoms with Crippen LogP contribution in [0.25, 0.3) is 0 Å². The van der Waals surface area contributed by atoms with Gasteiger partial charge in [-0.15, -0.1) is 0 Å². The normalized spacial score (nSPS) is 17.9. The summed E-state index contributed by atoms with van der Waals surface area (Å²) in [6, 6.07) is 2.70. The van der Waals surface area contributed by atoms with Gasteiger partial charge in [0.25, 0.3) is 0 Å². The third-order valence-corrected chi connectivity index (χ3v) is 3.43. The molecule has 1 fully saturated rings. The molecule has 82 valence electrons. The van der Waals surface area contributed by atoms with Crippen molar-refractivity contribution in [2.24, 2.45) is 5.73 Å². The Balaban J connectivity index is 2.41. The van der Waals surface area contributed by atoms with Crippen molar-refractivity contribution in [1.82, 2.24) is 0 Å². The molecule has 1 aromatic rings. The molecule has 1 aliphatic carbocycles. The smallest absolute Gasteiger partial charge is 0.148 e. The van der Waals surface area contributed by atoms with E-state index in [0.717, 1.165) is 19.3 Å². The molecule has 0 unspecified atom stereocenters. The summed E-state index contributed by atoms with van der Waals surface area (Å²) >= 11 is 5.54. The average Bonchev–Trinajstić information content (AvgIpc) is 2.96. The highest BCUT2D eigenvalue weighted by Crippen LogP contribution is 2.52. The summed E-state index contributed by atoms with van der Waals surface area (Å²) in [7, 11) is 0. The summed E-state index contributed by atoms with van der Waals surface area (Å²) in [6.45, 7) is 0.508. The van der Waals surface area contributed by atoms with Gasteiger partial charge in [0, 0.05) is 0 Å². The summed E-state index contributed by atoms with van der Waals surface area (Å²) in [6.07, 6.45) is 2.54. The van der Waals surface area contributed by atoms with Gasteiger partial charge in [0.1, 0.15) is 16.7 Å². The van der Waals surface area contributed by atoms with E-state index in [4.69, 9.17) is 17.3 Å². The minimum absolute atomic E-state index is 0.184. The lowest BCUT2D eigenvalue weighted by Gasteiger charge is -2.16. The number of benzene rings is 1. The Kier molecular flexibility index (Phi) is 2.69. The van der Waals surface area contributed by atoms with Crippen LogP contribution >= 0.6 is 11.6 Å². The Labute approximate surface area is 92.2 Å². The minimum Gasteiger partial charge on any atom is -0.330 e. The van der Waals surface area contributed by atoms with Crippen molar-refractivity contribution in [1.29, 1.82) is 0 Å². The molecule has 0 heterocycles. The third kappa shape index (κ3) is 1.74. The Morgan fingerprint density at radius 3 is 2.53 bits per heavy atom. The monoisotopic (exact) mass is 231 g/mol. The summed E-state index contributed by atoms with van der Waals surface area (Å²) in [5, 5.41) is -0.407. The highest BCUT2D eigenvalue weighted by Gasteiger charge is 2.45. The zero-order valence-electron chi connectivity index (χ0n) is 8.19. The summed E-state index contributed by atoms with van der Waals surface area (Å²) in [4.78, 5) is 0. The molecular weight excluding hydrogens is 220 g/mol. The van der Waals surface area contributed by atoms with Crippen LogP contribution in [0.2, 0.25) is 5.02 Å². The molecule has 0 aromatic heterocycles. The van der Waals surface area contributed by atoms with E-state index in [0.29, 0.717) is 12.1 Å². The van der Waals surface area contributed by atoms with Crippen LogP contribution in [0.5, 0.6) is 0 Å². The standard InChI is InChI=1S/C11H12ClF2N/c12-9-8(13)2-1-7(10(9)14)11(3-4-11)5-6-15/h1-2H,3-6,15H2. The van der Waals surface area contributed by atoms with Gasteiger partial charge >= 0.3 is 0 Å². The van der Waals surface area contributed by atoms with Crippen molar-refractivity contribution in [2.75, 3.05) is 6.54 Å². The topological polar surface area (TPSA) is 26.0 Å². The van der Waals surface area contributed by atoms with Gasteiger partial charge in [-0.25, -0.2) is 8.78 Å². The van der Waals surface area contributed by atoms with Crippen LogP contribution < -0.4 is 5.73 Å². The van der Waals surface area contributed by atoms with Gasteiger partial charge in [0.2, 0.25) is 0 Å². The zero-order chi connectivity index (χ0) is 11.1. The maximum absolute atomic E-state index is 13.7. The average molecular weight is 232 g/mol. The second-order valence-electron chi connectivity index (χ2n) is 4.04. The maximum atomic E-state index is 13.7. The fourth-order valence-electron chi connectivity index (χ4n) is 2.02. The number of hydrogen-bond acceptors (Lipinski definition) is 1. The fourth-order valence-corrected chi connectivity index (χ4v) is 2.18. The lowest BCUT2D eigenvalue weighted by Crippen LogP contribution is -2.15. The van der Waals surface area contributed by atoms with Gasteiger partial charge in [0.05, 0.1) is 0 Å². The highest BCUT2D eigenvalue weighted by atomic mass is 35.5. The molecule has 1 saturated carbocycles. The van der Waals surface area contributed by atoms with E-state index >= 15 is 0 Å². The third-order valence-electron chi connectivity index (χ3n) is 3.08. The molecule has 0 radical (unpaired) electrons. The van der Waals surface area contributed by atoms with Crippen molar-refractivity contribution >= 4 is 11.6 Å². The van der Waals surface area contributed by atoms with Crippen molar-refractivity contribution in [2.45, 2.75) is 24.7 Å². The van der Waals surface area contributed by atoms with Gasteiger partial charge in [-0.2, -0.15) is 0 Å². The first-order valence-electron chi connectivity index (χ1n) is 4.95. The first-order valence-corrected chi connectivity index (χ1v) is 5.32. The highest BCUT2D eigenvalue weighted by molar-refractivity contribution is 6.31. The molecule has 4 heteroatoms. The molecular formula is C11H12ClF2N. The van der Waals surface area contributed by atoms with Crippen LogP contribution in [0.1, 0.15) is 24.8 Å². The van der Waals surface area contributed by atoms with E-state index in [2.05, 4.69) is 0 Å². The van der Waals surface area contributed by atoms with Crippen LogP contribution in [0.3, 0.4) is 0 Å². The number of rotatable bonds is 3. The van der Waals surface area contributed by atoms with E-state index in [1.165, 1.54) is 12.1 Å². The Hall–Kier alpha value is -0.670. The van der Waals surface area contributed by atoms with Gasteiger partial charge in [0.15, 0.2) is 0 Å². The number of hydrogen-bond donors (Lipinski definition) is 1. The van der Waals surface area contributed by atoms with Crippen LogP contribution in [0.4, 0.5) is 8.78 Å². The van der Waals surface area contributed by atoms with E-state index in [-0.39, 0.29) is 5.41 Å². The SMILES string of the molecule is NCCC1(c2ccc(F)c(Cl)c2F)CC1. The van der Waals surface area contributed by atoms with E-state index in [9.17, 15) is 8.78 Å². The van der Waals surface area contributed by atoms with Crippen molar-refractivity contribution in [3.05, 3.63) is 34.4 Å². The fraction of sp³-hybridized carbons (Fsp3) is 0.455. The summed E-state index contributed by atoms with van der Waals surface area (Å²) in [5.41, 5.74) is 5.81. The Morgan fingerprint density at radius 1 is 1.33 bits per heavy atom. The zero-order valence-corrected chi connectivity index (χ0v) is 8.95. The Morgan fingerprint density at radius 2 is 2.00 bits per heavy atom. The molecule has 0 amide bonds. The lowest BCUT2D eigenvalue weighted by molar-refractivity contribution is 0.534. The first kappa shape index (κ1) is 10.8. The van der Waals surface area contributed by atoms with E-state index in [1.54, 1.807) is 0 Å². The van der Waals surface area contributed by atoms with Crippen LogP contribution in [-0.4, -0.2) is 6.54 Å². The molecule has 0 aliphatic heterocycles. The molecule has 1 aliphatic rings. The summed E-state index contributed by atoms with van der Waals surface area (Å²) in [5.74, 6) is -1.33. The quantitative estimate of drug-likeness (QED) is 0.796. The second-order valence-corrected chi connectivity index (χ2v) is 4.42. The van der Waals surface area contributed by atoms with Crippen LogP contribution in [0, 0.1) is 11.6 Å². The Bertz CT molecular complexity index is 388. The predicted octanol–water partition coefficient (Wildman–Crippen LogP) is 3.00.